The Morgan fingerprint density at radius 3 is 0.893 bits per heavy atom. The van der Waals surface area contributed by atoms with E-state index in [0.717, 1.165) is 96.5 Å². The molecule has 0 saturated carbocycles. The molecule has 0 amide bonds. The molecule has 0 aromatic heterocycles. The summed E-state index contributed by atoms with van der Waals surface area (Å²) in [5.41, 5.74) is 45.2. The first-order valence-corrected chi connectivity index (χ1v) is 52.1. The minimum atomic E-state index is 0.0348. The van der Waals surface area contributed by atoms with Gasteiger partial charge in [0.25, 0.3) is 26.9 Å². The van der Waals surface area contributed by atoms with Crippen LogP contribution in [0.25, 0.3) is 77.9 Å². The first-order chi connectivity index (χ1) is 73.2. The van der Waals surface area contributed by atoms with Crippen molar-refractivity contribution in [3.63, 3.8) is 0 Å². The zero-order valence-electron chi connectivity index (χ0n) is 84.3. The summed E-state index contributed by atoms with van der Waals surface area (Å²) < 4.78 is 37.7. The van der Waals surface area contributed by atoms with Crippen molar-refractivity contribution in [2.75, 3.05) is 9.80 Å². The summed E-state index contributed by atoms with van der Waals surface area (Å²) in [5.74, 6) is 11.9. The van der Waals surface area contributed by atoms with Gasteiger partial charge in [-0.15, -0.1) is 0 Å². The molecule has 21 aromatic rings. The molecular weight excluding hydrogens is 1810 g/mol. The van der Waals surface area contributed by atoms with Gasteiger partial charge in [0.2, 0.25) is 0 Å². The summed E-state index contributed by atoms with van der Waals surface area (Å²) in [5, 5.41) is 0. The van der Waals surface area contributed by atoms with Gasteiger partial charge in [0.1, 0.15) is 69.0 Å². The van der Waals surface area contributed by atoms with E-state index >= 15 is 0 Å². The van der Waals surface area contributed by atoms with E-state index < -0.39 is 0 Å². The number of fused-ring (bicyclic) bond motifs is 16. The van der Waals surface area contributed by atoms with Gasteiger partial charge in [0.15, 0.2) is 0 Å². The SMILES string of the molecule is Cc1ccccc1-c1cc(-c2ccccc2C)cc(N2c3ccc(C(C)C)cc3B3c4ccc(-c5ccccc5)cc4N(c4ccc(C(C)C)cc4)c4cc(C(C)C)cc2c43)c1.c1ccc(-c2ccc3c(c2)B2c4cc(-c5ccccc5)ccc4Oc4cccc(c42)O3)cc1.c1ccc(-c2ccc3c(c2)Oc2cccc4c2B3c2ccc(-c3ccccc3)cc2O4)cc1.c1ccc2c(c1)Oc1cccc3c1B2c1ccccc1O3. The molecule has 12 heteroatoms. The van der Waals surface area contributed by atoms with Gasteiger partial charge in [-0.25, -0.2) is 0 Å². The third kappa shape index (κ3) is 16.5. The highest BCUT2D eigenvalue weighted by Crippen LogP contribution is 2.51. The summed E-state index contributed by atoms with van der Waals surface area (Å²) in [6, 6.07) is 167. The van der Waals surface area contributed by atoms with Gasteiger partial charge in [-0.1, -0.05) is 381 Å². The molecule has 8 aliphatic rings. The van der Waals surface area contributed by atoms with E-state index in [1.165, 1.54) is 178 Å². The maximum absolute atomic E-state index is 6.41. The fraction of sp³-hybridized carbons (Fsp3) is 0.0803. The van der Waals surface area contributed by atoms with Crippen molar-refractivity contribution in [1.82, 2.24) is 0 Å². The highest BCUT2D eigenvalue weighted by molar-refractivity contribution is 7.01. The molecule has 710 valence electrons. The van der Waals surface area contributed by atoms with E-state index in [4.69, 9.17) is 28.4 Å². The molecule has 0 aliphatic carbocycles. The summed E-state index contributed by atoms with van der Waals surface area (Å²) in [4.78, 5) is 5.18. The number of ether oxygens (including phenoxy) is 6. The number of hydrogen-bond donors (Lipinski definition) is 0. The Labute approximate surface area is 873 Å². The first-order valence-electron chi connectivity index (χ1n) is 52.1. The summed E-state index contributed by atoms with van der Waals surface area (Å²) in [6.45, 7) is 18.7. The Balaban J connectivity index is 0.000000109. The Kier molecular flexibility index (Phi) is 23.3. The number of benzene rings is 21. The Bertz CT molecular complexity index is 8470. The van der Waals surface area contributed by atoms with Gasteiger partial charge in [-0.2, -0.15) is 0 Å². The van der Waals surface area contributed by atoms with Gasteiger partial charge in [0, 0.05) is 50.5 Å². The molecule has 8 nitrogen and oxygen atoms in total. The van der Waals surface area contributed by atoms with Crippen LogP contribution < -0.4 is 104 Å². The monoisotopic (exact) mass is 1920 g/mol. The third-order valence-electron chi connectivity index (χ3n) is 30.9. The van der Waals surface area contributed by atoms with Crippen molar-refractivity contribution in [2.45, 2.75) is 73.1 Å². The molecule has 0 bridgehead atoms. The van der Waals surface area contributed by atoms with Crippen LogP contribution in [0.2, 0.25) is 0 Å². The highest BCUT2D eigenvalue weighted by atomic mass is 16.5. The average Bonchev–Trinajstić information content (AvgIpc) is 0.692. The molecule has 0 N–H and O–H groups in total. The van der Waals surface area contributed by atoms with Crippen LogP contribution in [-0.4, -0.2) is 26.9 Å². The third-order valence-corrected chi connectivity index (χ3v) is 30.9. The molecule has 21 aromatic carbocycles. The van der Waals surface area contributed by atoms with Gasteiger partial charge >= 0.3 is 0 Å². The van der Waals surface area contributed by atoms with Crippen LogP contribution in [0.15, 0.2) is 467 Å². The predicted octanol–water partition coefficient (Wildman–Crippen LogP) is 28.7. The van der Waals surface area contributed by atoms with E-state index in [9.17, 15) is 0 Å². The smallest absolute Gasteiger partial charge is 0.260 e. The lowest BCUT2D eigenvalue weighted by atomic mass is 9.33. The number of aryl methyl sites for hydroxylation is 2. The van der Waals surface area contributed by atoms with Crippen molar-refractivity contribution in [2.24, 2.45) is 0 Å². The lowest BCUT2D eigenvalue weighted by Gasteiger charge is -2.45. The van der Waals surface area contributed by atoms with E-state index in [1.807, 2.05) is 103 Å². The standard InChI is InChI=1S/C59H55BN2.2C30H19BO2.C18H11BO2/c1-37(2)42-22-26-49(27-23-42)61-56-34-45(43-18-10-9-11-19-43)24-28-53(56)60-54-33-44(38(3)4)25-29-55(54)62(58-36-46(39(5)6)35-57(61)59(58)60)50-31-47(51-20-14-12-16-40(51)7)30-48(32-50)52-21-15-13-17-41(52)8;1-3-8-20(9-4-1)22-14-16-26-24(18-22)31-25-19-23(21-10-5-2-6-11-21)15-17-27(25)33-29-13-7-12-28(32-26)30(29)31;1-3-8-20(9-4-1)22-14-16-24-28(18-22)32-26-12-7-13-27-30(26)31(24)25-17-15-23(19-29(25)33-27)21-10-5-2-6-11-21;1-3-8-14-12(6-1)19-13-7-2-4-9-15(13)21-17-11-5-10-16(20-14)18(17)19/h9-39H,1-8H3;2*1-19H;1-11H. The molecule has 0 unspecified atom stereocenters. The topological polar surface area (TPSA) is 61.9 Å². The lowest BCUT2D eigenvalue weighted by molar-refractivity contribution is 0.464. The number of rotatable bonds is 12. The molecule has 0 fully saturated rings. The Hall–Kier alpha value is -17.7. The largest absolute Gasteiger partial charge is 0.458 e. The van der Waals surface area contributed by atoms with Gasteiger partial charge in [0.05, 0.1) is 0 Å². The van der Waals surface area contributed by atoms with Crippen LogP contribution in [0.1, 0.15) is 87.1 Å². The van der Waals surface area contributed by atoms with Crippen LogP contribution in [-0.2, 0) is 0 Å². The number of para-hydroxylation sites is 2. The maximum Gasteiger partial charge on any atom is 0.260 e. The molecule has 8 heterocycles. The molecule has 149 heavy (non-hydrogen) atoms. The van der Waals surface area contributed by atoms with Crippen LogP contribution >= 0.6 is 0 Å². The van der Waals surface area contributed by atoms with Crippen molar-refractivity contribution in [3.05, 3.63) is 495 Å². The van der Waals surface area contributed by atoms with Crippen LogP contribution in [0, 0.1) is 13.8 Å². The van der Waals surface area contributed by atoms with Crippen molar-refractivity contribution >= 4 is 127 Å². The number of hydrogen-bond acceptors (Lipinski definition) is 8. The van der Waals surface area contributed by atoms with Crippen molar-refractivity contribution in [3.8, 4) is 147 Å². The molecule has 0 spiro atoms. The number of anilines is 6. The van der Waals surface area contributed by atoms with Crippen molar-refractivity contribution in [1.29, 1.82) is 0 Å². The number of nitrogens with zero attached hydrogens (tertiary/aromatic N) is 2. The summed E-state index contributed by atoms with van der Waals surface area (Å²) in [6.07, 6.45) is 0. The fourth-order valence-electron chi connectivity index (χ4n) is 23.4. The van der Waals surface area contributed by atoms with E-state index in [0.29, 0.717) is 17.8 Å². The second-order valence-corrected chi connectivity index (χ2v) is 41.0. The Morgan fingerprint density at radius 2 is 0.483 bits per heavy atom. The van der Waals surface area contributed by atoms with Crippen LogP contribution in [0.3, 0.4) is 0 Å². The molecule has 0 radical (unpaired) electrons. The molecular formula is C137H104B4N2O6. The fourth-order valence-corrected chi connectivity index (χ4v) is 23.4. The average molecular weight is 1920 g/mol. The van der Waals surface area contributed by atoms with E-state index in [1.54, 1.807) is 0 Å². The first kappa shape index (κ1) is 91.2. The van der Waals surface area contributed by atoms with Gasteiger partial charge < -0.3 is 38.2 Å². The van der Waals surface area contributed by atoms with Crippen molar-refractivity contribution < 1.29 is 28.4 Å². The highest BCUT2D eigenvalue weighted by Gasteiger charge is 2.47. The quantitative estimate of drug-likeness (QED) is 0.112. The van der Waals surface area contributed by atoms with Gasteiger partial charge in [-0.3, -0.25) is 0 Å². The minimum Gasteiger partial charge on any atom is -0.458 e. The van der Waals surface area contributed by atoms with Crippen LogP contribution in [0.4, 0.5) is 34.1 Å². The van der Waals surface area contributed by atoms with Gasteiger partial charge in [-0.05, 0) is 314 Å². The van der Waals surface area contributed by atoms with E-state index in [-0.39, 0.29) is 26.9 Å². The van der Waals surface area contributed by atoms with E-state index in [2.05, 4.69) is 429 Å². The second kappa shape index (κ2) is 38.0. The summed E-state index contributed by atoms with van der Waals surface area (Å²) in [7, 11) is 0. The zero-order valence-corrected chi connectivity index (χ0v) is 84.3. The zero-order chi connectivity index (χ0) is 100. The minimum absolute atomic E-state index is 0.0348. The normalized spacial score (nSPS) is 12.9. The summed E-state index contributed by atoms with van der Waals surface area (Å²) >= 11 is 0. The second-order valence-electron chi connectivity index (χ2n) is 41.0. The lowest BCUT2D eigenvalue weighted by Crippen LogP contribution is -2.61. The molecule has 8 aliphatic heterocycles. The molecule has 0 atom stereocenters. The predicted molar refractivity (Wildman–Crippen MR) is 623 cm³/mol. The maximum atomic E-state index is 6.41. The molecule has 29 rings (SSSR count). The molecule has 0 saturated heterocycles. The van der Waals surface area contributed by atoms with Crippen LogP contribution in [0.5, 0.6) is 69.0 Å². The Morgan fingerprint density at radius 1 is 0.168 bits per heavy atom.